The highest BCUT2D eigenvalue weighted by atomic mass is 16.4. The Hall–Kier alpha value is -0.870. The Kier molecular flexibility index (Phi) is 6.46. The lowest BCUT2D eigenvalue weighted by Crippen LogP contribution is -2.63. The zero-order chi connectivity index (χ0) is 26.4. The number of carbonyl (C=O) groups excluding carboxylic acids is 1. The number of fused-ring (bicyclic) bond motifs is 5. The van der Waals surface area contributed by atoms with Crippen LogP contribution in [0.1, 0.15) is 79.6 Å². The van der Waals surface area contributed by atoms with E-state index in [0.717, 1.165) is 0 Å². The molecule has 0 radical (unpaired) electrons. The minimum Gasteiger partial charge on any atom is -0.390 e. The summed E-state index contributed by atoms with van der Waals surface area (Å²) in [6.07, 6.45) is -0.617. The molecule has 2 unspecified atom stereocenters. The number of ketones is 1. The fourth-order valence-electron chi connectivity index (χ4n) is 8.28. The highest BCUT2D eigenvalue weighted by Gasteiger charge is 2.69. The second kappa shape index (κ2) is 8.32. The summed E-state index contributed by atoms with van der Waals surface area (Å²) in [7, 11) is 0. The first-order chi connectivity index (χ1) is 15.9. The van der Waals surface area contributed by atoms with Crippen molar-refractivity contribution in [3.8, 4) is 0 Å². The van der Waals surface area contributed by atoms with Crippen molar-refractivity contribution in [1.82, 2.24) is 0 Å². The maximum Gasteiger partial charge on any atom is 0.159 e. The van der Waals surface area contributed by atoms with Crippen LogP contribution < -0.4 is 0 Å². The fraction of sp³-hybridized carbons (Fsp3) is 0.889. The molecule has 3 saturated carbocycles. The molecular formula is C27H44O8. The Morgan fingerprint density at radius 3 is 2.23 bits per heavy atom. The maximum absolute atomic E-state index is 13.3. The van der Waals surface area contributed by atoms with Gasteiger partial charge in [-0.1, -0.05) is 13.8 Å². The Morgan fingerprint density at radius 2 is 1.63 bits per heavy atom. The molecule has 4 aliphatic carbocycles. The van der Waals surface area contributed by atoms with Crippen molar-refractivity contribution in [3.63, 3.8) is 0 Å². The van der Waals surface area contributed by atoms with Gasteiger partial charge in [0.05, 0.1) is 41.2 Å². The molecule has 8 heteroatoms. The second-order valence-electron chi connectivity index (χ2n) is 13.2. The van der Waals surface area contributed by atoms with Gasteiger partial charge in [0.25, 0.3) is 0 Å². The summed E-state index contributed by atoms with van der Waals surface area (Å²) in [6.45, 7) is 8.31. The van der Waals surface area contributed by atoms with Gasteiger partial charge in [0, 0.05) is 17.8 Å². The molecule has 0 bridgehead atoms. The number of rotatable bonds is 5. The molecule has 0 aromatic rings. The minimum absolute atomic E-state index is 0.129. The molecule has 0 aliphatic heterocycles. The lowest BCUT2D eigenvalue weighted by molar-refractivity contribution is -0.183. The van der Waals surface area contributed by atoms with E-state index in [1.165, 1.54) is 20.8 Å². The van der Waals surface area contributed by atoms with E-state index >= 15 is 0 Å². The van der Waals surface area contributed by atoms with Crippen LogP contribution in [0.4, 0.5) is 0 Å². The van der Waals surface area contributed by atoms with Gasteiger partial charge in [0.15, 0.2) is 5.78 Å². The van der Waals surface area contributed by atoms with E-state index in [0.29, 0.717) is 31.3 Å². The zero-order valence-corrected chi connectivity index (χ0v) is 21.6. The van der Waals surface area contributed by atoms with Crippen LogP contribution in [0.2, 0.25) is 0 Å². The third kappa shape index (κ3) is 3.87. The quantitative estimate of drug-likeness (QED) is 0.295. The van der Waals surface area contributed by atoms with Gasteiger partial charge < -0.3 is 35.7 Å². The van der Waals surface area contributed by atoms with Crippen LogP contribution >= 0.6 is 0 Å². The minimum atomic E-state index is -1.64. The Bertz CT molecular complexity index is 892. The third-order valence-corrected chi connectivity index (χ3v) is 10.8. The number of hydrogen-bond acceptors (Lipinski definition) is 8. The topological polar surface area (TPSA) is 159 Å². The lowest BCUT2D eigenvalue weighted by atomic mass is 9.45. The standard InChI is InChI=1S/C27H44O8/c1-23(2,33)21(31)12-22(32)26(5,34)20-7-9-27(35)15-10-17(28)16-11-18(29)19(30)13-24(16,3)14(15)6-8-25(20,27)4/h10,14,16,18-22,29-35H,6-9,11-13H2,1-5H3/t14?,16-,18+,19-,20-,21?,22+,24+,25+,26+,27+/m0/s1. The van der Waals surface area contributed by atoms with E-state index < -0.39 is 63.9 Å². The summed E-state index contributed by atoms with van der Waals surface area (Å²) in [5.74, 6) is -1.18. The molecule has 7 N–H and O–H groups in total. The summed E-state index contributed by atoms with van der Waals surface area (Å²) in [5, 5.41) is 75.8. The highest BCUT2D eigenvalue weighted by molar-refractivity contribution is 5.95. The van der Waals surface area contributed by atoms with Crippen LogP contribution in [0.3, 0.4) is 0 Å². The molecule has 4 rings (SSSR count). The summed E-state index contributed by atoms with van der Waals surface area (Å²) in [5.41, 5.74) is -5.18. The maximum atomic E-state index is 13.3. The normalized spacial score (nSPS) is 47.1. The van der Waals surface area contributed by atoms with E-state index in [-0.39, 0.29) is 31.0 Å². The summed E-state index contributed by atoms with van der Waals surface area (Å²) < 4.78 is 0. The molecule has 0 saturated heterocycles. The second-order valence-corrected chi connectivity index (χ2v) is 13.2. The first kappa shape index (κ1) is 27.2. The molecular weight excluding hydrogens is 452 g/mol. The molecule has 0 aromatic carbocycles. The number of hydrogen-bond donors (Lipinski definition) is 7. The molecule has 8 nitrogen and oxygen atoms in total. The Labute approximate surface area is 207 Å². The van der Waals surface area contributed by atoms with Gasteiger partial charge >= 0.3 is 0 Å². The average molecular weight is 497 g/mol. The number of aliphatic hydroxyl groups is 7. The first-order valence-corrected chi connectivity index (χ1v) is 13.0. The molecule has 0 aromatic heterocycles. The van der Waals surface area contributed by atoms with E-state index in [9.17, 15) is 40.5 Å². The molecule has 200 valence electrons. The van der Waals surface area contributed by atoms with Gasteiger partial charge in [0.1, 0.15) is 0 Å². The van der Waals surface area contributed by atoms with Crippen LogP contribution in [0, 0.1) is 28.6 Å². The van der Waals surface area contributed by atoms with Crippen molar-refractivity contribution < 1.29 is 40.5 Å². The summed E-state index contributed by atoms with van der Waals surface area (Å²) in [4.78, 5) is 13.3. The molecule has 35 heavy (non-hydrogen) atoms. The average Bonchev–Trinajstić information content (AvgIpc) is 3.01. The first-order valence-electron chi connectivity index (χ1n) is 13.0. The van der Waals surface area contributed by atoms with Crippen molar-refractivity contribution >= 4 is 5.78 Å². The zero-order valence-electron chi connectivity index (χ0n) is 21.6. The van der Waals surface area contributed by atoms with Gasteiger partial charge in [-0.25, -0.2) is 0 Å². The van der Waals surface area contributed by atoms with Crippen LogP contribution in [0.15, 0.2) is 11.6 Å². The Balaban J connectivity index is 1.67. The fourth-order valence-corrected chi connectivity index (χ4v) is 8.28. The SMILES string of the molecule is CC(C)(O)C(O)C[C@@H](O)[C@](C)(O)[C@H]1CC[C@@]2(O)C3=CC(=O)[C@@H]4C[C@@H](O)[C@@H](O)C[C@]4(C)C3CC[C@]12C. The highest BCUT2D eigenvalue weighted by Crippen LogP contribution is 2.68. The van der Waals surface area contributed by atoms with Crippen molar-refractivity contribution in [2.24, 2.45) is 28.6 Å². The predicted molar refractivity (Wildman–Crippen MR) is 128 cm³/mol. The lowest BCUT2D eigenvalue weighted by Gasteiger charge is -2.60. The smallest absolute Gasteiger partial charge is 0.159 e. The van der Waals surface area contributed by atoms with E-state index in [1.54, 1.807) is 6.08 Å². The van der Waals surface area contributed by atoms with Crippen LogP contribution in [-0.2, 0) is 4.79 Å². The van der Waals surface area contributed by atoms with Gasteiger partial charge in [-0.15, -0.1) is 0 Å². The number of allylic oxidation sites excluding steroid dienone is 1. The van der Waals surface area contributed by atoms with Crippen molar-refractivity contribution in [1.29, 1.82) is 0 Å². The van der Waals surface area contributed by atoms with Crippen molar-refractivity contribution in [3.05, 3.63) is 11.6 Å². The van der Waals surface area contributed by atoms with Crippen LogP contribution in [0.5, 0.6) is 0 Å². The molecule has 4 aliphatic rings. The molecule has 0 spiro atoms. The number of aliphatic hydroxyl groups excluding tert-OH is 4. The van der Waals surface area contributed by atoms with E-state index in [1.807, 2.05) is 13.8 Å². The third-order valence-electron chi connectivity index (χ3n) is 10.8. The van der Waals surface area contributed by atoms with Crippen LogP contribution in [-0.4, -0.2) is 82.7 Å². The largest absolute Gasteiger partial charge is 0.390 e. The van der Waals surface area contributed by atoms with E-state index in [4.69, 9.17) is 0 Å². The molecule has 0 amide bonds. The molecule has 0 heterocycles. The van der Waals surface area contributed by atoms with Gasteiger partial charge in [0.2, 0.25) is 0 Å². The molecule has 3 fully saturated rings. The molecule has 11 atom stereocenters. The number of carbonyl (C=O) groups is 1. The van der Waals surface area contributed by atoms with Gasteiger partial charge in [-0.05, 0) is 88.2 Å². The predicted octanol–water partition coefficient (Wildman–Crippen LogP) is 0.825. The van der Waals surface area contributed by atoms with Crippen LogP contribution in [0.25, 0.3) is 0 Å². The summed E-state index contributed by atoms with van der Waals surface area (Å²) >= 11 is 0. The monoisotopic (exact) mass is 496 g/mol. The Morgan fingerprint density at radius 1 is 1.00 bits per heavy atom. The van der Waals surface area contributed by atoms with Crippen molar-refractivity contribution in [2.45, 2.75) is 121 Å². The van der Waals surface area contributed by atoms with Gasteiger partial charge in [-0.3, -0.25) is 4.79 Å². The van der Waals surface area contributed by atoms with E-state index in [2.05, 4.69) is 0 Å². The van der Waals surface area contributed by atoms with Crippen molar-refractivity contribution in [2.75, 3.05) is 0 Å². The van der Waals surface area contributed by atoms with Gasteiger partial charge in [-0.2, -0.15) is 0 Å². The summed E-state index contributed by atoms with van der Waals surface area (Å²) in [6, 6.07) is 0.